The van der Waals surface area contributed by atoms with Crippen molar-refractivity contribution in [3.63, 3.8) is 0 Å². The van der Waals surface area contributed by atoms with E-state index in [1.807, 2.05) is 36.9 Å². The van der Waals surface area contributed by atoms with Gasteiger partial charge in [-0.1, -0.05) is 90.2 Å². The van der Waals surface area contributed by atoms with Gasteiger partial charge < -0.3 is 10.2 Å². The number of hydrogen-bond donors (Lipinski definition) is 1. The Morgan fingerprint density at radius 1 is 1.00 bits per heavy atom. The molecule has 1 atom stereocenters. The fourth-order valence-electron chi connectivity index (χ4n) is 3.81. The molecule has 0 saturated carbocycles. The fourth-order valence-corrected chi connectivity index (χ4v) is 6.47. The van der Waals surface area contributed by atoms with Gasteiger partial charge >= 0.3 is 0 Å². The number of nitrogens with zero attached hydrogens (tertiary/aromatic N) is 1. The molecule has 2 aromatic rings. The van der Waals surface area contributed by atoms with Crippen LogP contribution in [0.4, 0.5) is 0 Å². The zero-order valence-corrected chi connectivity index (χ0v) is 19.6. The van der Waals surface area contributed by atoms with Crippen molar-refractivity contribution in [3.05, 3.63) is 77.5 Å². The van der Waals surface area contributed by atoms with Gasteiger partial charge in [0.15, 0.2) is 0 Å². The van der Waals surface area contributed by atoms with Gasteiger partial charge in [0, 0.05) is 19.6 Å². The molecule has 1 unspecified atom stereocenters. The van der Waals surface area contributed by atoms with Crippen LogP contribution in [0.1, 0.15) is 26.3 Å². The van der Waals surface area contributed by atoms with Crippen molar-refractivity contribution in [1.82, 2.24) is 10.2 Å². The molecule has 1 N–H and O–H groups in total. The molecule has 29 heavy (non-hydrogen) atoms. The Morgan fingerprint density at radius 3 is 2.07 bits per heavy atom. The molecule has 0 spiro atoms. The van der Waals surface area contributed by atoms with Gasteiger partial charge in [-0.25, -0.2) is 0 Å². The van der Waals surface area contributed by atoms with E-state index in [0.29, 0.717) is 6.42 Å². The molecule has 156 valence electrons. The fraction of sp³-hybridized carbons (Fsp3) is 0.400. The second kappa shape index (κ2) is 11.1. The minimum absolute atomic E-state index is 0.188. The van der Waals surface area contributed by atoms with Crippen molar-refractivity contribution in [3.8, 4) is 0 Å². The van der Waals surface area contributed by atoms with Crippen LogP contribution in [0.15, 0.2) is 71.9 Å². The first kappa shape index (κ1) is 23.1. The van der Waals surface area contributed by atoms with E-state index in [0.717, 1.165) is 19.6 Å². The van der Waals surface area contributed by atoms with Gasteiger partial charge in [-0.15, -0.1) is 0 Å². The van der Waals surface area contributed by atoms with Crippen molar-refractivity contribution < 1.29 is 4.79 Å². The minimum atomic E-state index is -1.77. The number of hydrogen-bond acceptors (Lipinski definition) is 2. The number of carbonyl (C=O) groups excluding carboxylic acids is 1. The summed E-state index contributed by atoms with van der Waals surface area (Å²) in [7, 11) is -1.77. The maximum Gasteiger partial charge on any atom is 0.240 e. The molecule has 4 heteroatoms. The number of rotatable bonds is 10. The van der Waals surface area contributed by atoms with Crippen LogP contribution in [0.25, 0.3) is 0 Å². The van der Waals surface area contributed by atoms with Gasteiger partial charge in [0.25, 0.3) is 0 Å². The lowest BCUT2D eigenvalue weighted by molar-refractivity contribution is -0.133. The summed E-state index contributed by atoms with van der Waals surface area (Å²) in [5.74, 6) is 0.188. The molecule has 0 aliphatic rings. The SMILES string of the molecule is C/C=C(/CNC(Cc1ccccc1)C(=O)N(CC)CC)[Si](C)(C)c1ccccc1. The molecule has 2 aromatic carbocycles. The Balaban J connectivity index is 2.19. The maximum absolute atomic E-state index is 13.2. The summed E-state index contributed by atoms with van der Waals surface area (Å²) in [4.78, 5) is 15.1. The average molecular weight is 409 g/mol. The zero-order chi connectivity index (χ0) is 21.3. The molecule has 0 heterocycles. The average Bonchev–Trinajstić information content (AvgIpc) is 2.75. The van der Waals surface area contributed by atoms with Crippen molar-refractivity contribution in [2.75, 3.05) is 19.6 Å². The van der Waals surface area contributed by atoms with E-state index in [1.165, 1.54) is 15.9 Å². The molecule has 0 aliphatic heterocycles. The van der Waals surface area contributed by atoms with Crippen LogP contribution in [0.2, 0.25) is 13.1 Å². The summed E-state index contributed by atoms with van der Waals surface area (Å²) in [5, 5.41) is 6.47. The zero-order valence-electron chi connectivity index (χ0n) is 18.6. The van der Waals surface area contributed by atoms with Gasteiger partial charge in [0.2, 0.25) is 5.91 Å². The van der Waals surface area contributed by atoms with Crippen molar-refractivity contribution in [2.24, 2.45) is 0 Å². The van der Waals surface area contributed by atoms with Crippen molar-refractivity contribution in [1.29, 1.82) is 0 Å². The highest BCUT2D eigenvalue weighted by Gasteiger charge is 2.29. The number of likely N-dealkylation sites (N-methyl/N-ethyl adjacent to an activating group) is 1. The Kier molecular flexibility index (Phi) is 8.87. The third kappa shape index (κ3) is 6.15. The quantitative estimate of drug-likeness (QED) is 0.599. The number of carbonyl (C=O) groups is 1. The number of benzene rings is 2. The van der Waals surface area contributed by atoms with Crippen molar-refractivity contribution in [2.45, 2.75) is 46.3 Å². The Hall–Kier alpha value is -2.17. The molecule has 0 radical (unpaired) electrons. The van der Waals surface area contributed by atoms with Crippen molar-refractivity contribution >= 4 is 19.2 Å². The Labute approximate surface area is 177 Å². The van der Waals surface area contributed by atoms with Crippen LogP contribution in [0.5, 0.6) is 0 Å². The van der Waals surface area contributed by atoms with Crippen LogP contribution in [-0.2, 0) is 11.2 Å². The van der Waals surface area contributed by atoms with E-state index in [2.05, 4.69) is 73.9 Å². The smallest absolute Gasteiger partial charge is 0.240 e. The maximum atomic E-state index is 13.2. The first-order valence-electron chi connectivity index (χ1n) is 10.7. The van der Waals surface area contributed by atoms with Gasteiger partial charge in [0.05, 0.1) is 6.04 Å². The van der Waals surface area contributed by atoms with Crippen LogP contribution in [-0.4, -0.2) is 44.6 Å². The summed E-state index contributed by atoms with van der Waals surface area (Å²) >= 11 is 0. The highest BCUT2D eigenvalue weighted by Crippen LogP contribution is 2.16. The first-order valence-corrected chi connectivity index (χ1v) is 13.7. The van der Waals surface area contributed by atoms with Gasteiger partial charge in [0.1, 0.15) is 8.07 Å². The predicted molar refractivity (Wildman–Crippen MR) is 127 cm³/mol. The third-order valence-corrected chi connectivity index (χ3v) is 9.69. The van der Waals surface area contributed by atoms with Crippen LogP contribution >= 0.6 is 0 Å². The summed E-state index contributed by atoms with van der Waals surface area (Å²) in [5.41, 5.74) is 1.19. The van der Waals surface area contributed by atoms with E-state index in [4.69, 9.17) is 0 Å². The van der Waals surface area contributed by atoms with E-state index >= 15 is 0 Å². The molecule has 0 aliphatic carbocycles. The molecule has 0 aromatic heterocycles. The second-order valence-electron chi connectivity index (χ2n) is 7.94. The van der Waals surface area contributed by atoms with E-state index < -0.39 is 8.07 Å². The van der Waals surface area contributed by atoms with Gasteiger partial charge in [-0.05, 0) is 32.8 Å². The van der Waals surface area contributed by atoms with Gasteiger partial charge in [-0.3, -0.25) is 4.79 Å². The highest BCUT2D eigenvalue weighted by atomic mass is 28.3. The molecular formula is C25H36N2OSi. The molecule has 3 nitrogen and oxygen atoms in total. The Bertz CT molecular complexity index is 783. The number of allylic oxidation sites excluding steroid dienone is 1. The minimum Gasteiger partial charge on any atom is -0.342 e. The van der Waals surface area contributed by atoms with E-state index in [-0.39, 0.29) is 11.9 Å². The Morgan fingerprint density at radius 2 is 1.55 bits per heavy atom. The number of nitrogens with one attached hydrogen (secondary N) is 1. The van der Waals surface area contributed by atoms with Crippen LogP contribution in [0.3, 0.4) is 0 Å². The normalized spacial score (nSPS) is 13.2. The molecular weight excluding hydrogens is 372 g/mol. The summed E-state index contributed by atoms with van der Waals surface area (Å²) in [6.07, 6.45) is 2.95. The summed E-state index contributed by atoms with van der Waals surface area (Å²) < 4.78 is 0. The monoisotopic (exact) mass is 408 g/mol. The molecule has 0 saturated heterocycles. The van der Waals surface area contributed by atoms with Crippen LogP contribution in [0, 0.1) is 0 Å². The lowest BCUT2D eigenvalue weighted by Crippen LogP contribution is -2.51. The molecule has 0 fully saturated rings. The summed E-state index contributed by atoms with van der Waals surface area (Å²) in [6, 6.07) is 20.9. The first-order chi connectivity index (χ1) is 13.9. The van der Waals surface area contributed by atoms with E-state index in [1.54, 1.807) is 0 Å². The summed E-state index contributed by atoms with van der Waals surface area (Å²) in [6.45, 7) is 13.2. The molecule has 1 amide bonds. The number of amides is 1. The van der Waals surface area contributed by atoms with Gasteiger partial charge in [-0.2, -0.15) is 0 Å². The van der Waals surface area contributed by atoms with E-state index in [9.17, 15) is 4.79 Å². The molecule has 0 bridgehead atoms. The lowest BCUT2D eigenvalue weighted by Gasteiger charge is -2.30. The predicted octanol–water partition coefficient (Wildman–Crippen LogP) is 4.16. The lowest BCUT2D eigenvalue weighted by atomic mass is 10.0. The largest absolute Gasteiger partial charge is 0.342 e. The standard InChI is InChI=1S/C25H36N2OSi/c1-6-22(29(4,5)23-17-13-10-14-18-23)20-26-24(25(28)27(7-2)8-3)19-21-15-11-9-12-16-21/h6,9-18,24,26H,7-8,19-20H2,1-5H3/b22-6-. The molecule has 2 rings (SSSR count). The second-order valence-corrected chi connectivity index (χ2v) is 12.4. The van der Waals surface area contributed by atoms with Crippen LogP contribution < -0.4 is 10.5 Å². The topological polar surface area (TPSA) is 32.3 Å². The highest BCUT2D eigenvalue weighted by molar-refractivity contribution is 6.95. The third-order valence-electron chi connectivity index (χ3n) is 5.84.